The van der Waals surface area contributed by atoms with Crippen LogP contribution in [0.2, 0.25) is 0 Å². The Kier molecular flexibility index (Phi) is 3.57. The Labute approximate surface area is 123 Å². The number of thiophene rings is 1. The molecule has 1 aliphatic rings. The van der Waals surface area contributed by atoms with Crippen LogP contribution >= 0.6 is 27.3 Å². The standard InChI is InChI=1S/C14H12BrNO2S/c15-13-6-10(8-19-13)14(17)16-7-11-5-9-3-1-2-4-12(9)18-11/h1-4,6,8,11H,5,7H2,(H,16,17)/t11-/m0/s1. The smallest absolute Gasteiger partial charge is 0.252 e. The van der Waals surface area contributed by atoms with Gasteiger partial charge in [0.05, 0.1) is 15.9 Å². The molecule has 2 heterocycles. The topological polar surface area (TPSA) is 38.3 Å². The SMILES string of the molecule is O=C(NC[C@@H]1Cc2ccccc2O1)c1csc(Br)c1. The van der Waals surface area contributed by atoms with Crippen molar-refractivity contribution in [3.63, 3.8) is 0 Å². The molecule has 1 N–H and O–H groups in total. The highest BCUT2D eigenvalue weighted by atomic mass is 79.9. The van der Waals surface area contributed by atoms with Crippen LogP contribution in [-0.4, -0.2) is 18.6 Å². The Morgan fingerprint density at radius 2 is 2.32 bits per heavy atom. The van der Waals surface area contributed by atoms with Gasteiger partial charge in [0.25, 0.3) is 5.91 Å². The lowest BCUT2D eigenvalue weighted by Gasteiger charge is -2.11. The third-order valence-corrected chi connectivity index (χ3v) is 4.54. The van der Waals surface area contributed by atoms with Crippen LogP contribution in [0.4, 0.5) is 0 Å². The summed E-state index contributed by atoms with van der Waals surface area (Å²) in [5, 5.41) is 4.75. The largest absolute Gasteiger partial charge is 0.488 e. The quantitative estimate of drug-likeness (QED) is 0.933. The van der Waals surface area contributed by atoms with Gasteiger partial charge in [-0.15, -0.1) is 11.3 Å². The summed E-state index contributed by atoms with van der Waals surface area (Å²) < 4.78 is 6.74. The van der Waals surface area contributed by atoms with E-state index in [9.17, 15) is 4.79 Å². The van der Waals surface area contributed by atoms with Gasteiger partial charge in [-0.2, -0.15) is 0 Å². The molecule has 1 atom stereocenters. The van der Waals surface area contributed by atoms with Gasteiger partial charge in [0, 0.05) is 11.8 Å². The van der Waals surface area contributed by atoms with Crippen molar-refractivity contribution in [2.75, 3.05) is 6.54 Å². The second kappa shape index (κ2) is 5.35. The molecule has 19 heavy (non-hydrogen) atoms. The maximum Gasteiger partial charge on any atom is 0.252 e. The molecule has 0 saturated carbocycles. The number of carbonyl (C=O) groups is 1. The molecule has 0 aliphatic carbocycles. The second-order valence-corrected chi connectivity index (χ2v) is 6.69. The predicted octanol–water partition coefficient (Wildman–Crippen LogP) is 3.24. The second-order valence-electron chi connectivity index (χ2n) is 4.40. The number of ether oxygens (including phenoxy) is 1. The molecule has 0 saturated heterocycles. The molecule has 0 spiro atoms. The van der Waals surface area contributed by atoms with E-state index >= 15 is 0 Å². The van der Waals surface area contributed by atoms with E-state index in [4.69, 9.17) is 4.74 Å². The number of hydrogen-bond acceptors (Lipinski definition) is 3. The van der Waals surface area contributed by atoms with Gasteiger partial charge in [-0.05, 0) is 33.6 Å². The lowest BCUT2D eigenvalue weighted by Crippen LogP contribution is -2.34. The van der Waals surface area contributed by atoms with Crippen LogP contribution in [0.1, 0.15) is 15.9 Å². The summed E-state index contributed by atoms with van der Waals surface area (Å²) in [6, 6.07) is 9.82. The Balaban J connectivity index is 1.56. The lowest BCUT2D eigenvalue weighted by atomic mass is 10.1. The molecule has 1 amide bonds. The van der Waals surface area contributed by atoms with Crippen LogP contribution in [0.3, 0.4) is 0 Å². The molecule has 5 heteroatoms. The van der Waals surface area contributed by atoms with Gasteiger partial charge in [0.1, 0.15) is 11.9 Å². The molecule has 3 rings (SSSR count). The summed E-state index contributed by atoms with van der Waals surface area (Å²) in [6.45, 7) is 0.529. The first-order chi connectivity index (χ1) is 9.22. The van der Waals surface area contributed by atoms with Crippen LogP contribution < -0.4 is 10.1 Å². The van der Waals surface area contributed by atoms with Crippen molar-refractivity contribution in [1.82, 2.24) is 5.32 Å². The third kappa shape index (κ3) is 2.82. The van der Waals surface area contributed by atoms with Crippen molar-refractivity contribution >= 4 is 33.2 Å². The van der Waals surface area contributed by atoms with Crippen LogP contribution in [0.5, 0.6) is 5.75 Å². The maximum absolute atomic E-state index is 11.9. The highest BCUT2D eigenvalue weighted by Gasteiger charge is 2.22. The van der Waals surface area contributed by atoms with Crippen molar-refractivity contribution < 1.29 is 9.53 Å². The van der Waals surface area contributed by atoms with Gasteiger partial charge in [0.2, 0.25) is 0 Å². The average molecular weight is 338 g/mol. The van der Waals surface area contributed by atoms with Crippen molar-refractivity contribution in [3.05, 3.63) is 50.6 Å². The summed E-state index contributed by atoms with van der Waals surface area (Å²) in [4.78, 5) is 11.9. The monoisotopic (exact) mass is 337 g/mol. The molecule has 0 fully saturated rings. The summed E-state index contributed by atoms with van der Waals surface area (Å²) in [5.41, 5.74) is 1.90. The first kappa shape index (κ1) is 12.7. The van der Waals surface area contributed by atoms with Crippen LogP contribution in [0.25, 0.3) is 0 Å². The minimum absolute atomic E-state index is 0.0310. The Morgan fingerprint density at radius 1 is 1.47 bits per heavy atom. The van der Waals surface area contributed by atoms with E-state index in [1.54, 1.807) is 0 Å². The zero-order valence-electron chi connectivity index (χ0n) is 10.1. The van der Waals surface area contributed by atoms with Gasteiger partial charge < -0.3 is 10.1 Å². The number of carbonyl (C=O) groups excluding carboxylic acids is 1. The van der Waals surface area contributed by atoms with E-state index in [1.807, 2.05) is 29.6 Å². The molecule has 0 unspecified atom stereocenters. The van der Waals surface area contributed by atoms with Gasteiger partial charge in [-0.3, -0.25) is 4.79 Å². The fraction of sp³-hybridized carbons (Fsp3) is 0.214. The normalized spacial score (nSPS) is 16.8. The zero-order chi connectivity index (χ0) is 13.2. The van der Waals surface area contributed by atoms with E-state index in [0.717, 1.165) is 16.0 Å². The fourth-order valence-electron chi connectivity index (χ4n) is 2.11. The first-order valence-electron chi connectivity index (χ1n) is 5.99. The van der Waals surface area contributed by atoms with E-state index in [-0.39, 0.29) is 12.0 Å². The molecule has 1 aliphatic heterocycles. The minimum atomic E-state index is -0.0542. The summed E-state index contributed by atoms with van der Waals surface area (Å²) in [6.07, 6.45) is 0.882. The van der Waals surface area contributed by atoms with E-state index in [2.05, 4.69) is 27.3 Å². The molecular weight excluding hydrogens is 326 g/mol. The lowest BCUT2D eigenvalue weighted by molar-refractivity contribution is 0.0934. The van der Waals surface area contributed by atoms with E-state index < -0.39 is 0 Å². The van der Waals surface area contributed by atoms with Crippen molar-refractivity contribution in [2.45, 2.75) is 12.5 Å². The maximum atomic E-state index is 11.9. The molecule has 98 valence electrons. The summed E-state index contributed by atoms with van der Waals surface area (Å²) in [5.74, 6) is 0.876. The zero-order valence-corrected chi connectivity index (χ0v) is 12.5. The number of hydrogen-bond donors (Lipinski definition) is 1. The van der Waals surface area contributed by atoms with Gasteiger partial charge in [-0.25, -0.2) is 0 Å². The molecule has 0 bridgehead atoms. The predicted molar refractivity (Wildman–Crippen MR) is 78.9 cm³/mol. The van der Waals surface area contributed by atoms with E-state index in [1.165, 1.54) is 16.9 Å². The van der Waals surface area contributed by atoms with Crippen molar-refractivity contribution in [3.8, 4) is 5.75 Å². The third-order valence-electron chi connectivity index (χ3n) is 3.03. The Hall–Kier alpha value is -1.33. The highest BCUT2D eigenvalue weighted by Crippen LogP contribution is 2.27. The molecule has 1 aromatic carbocycles. The number of para-hydroxylation sites is 1. The number of amides is 1. The van der Waals surface area contributed by atoms with Gasteiger partial charge >= 0.3 is 0 Å². The van der Waals surface area contributed by atoms with Gasteiger partial charge in [-0.1, -0.05) is 18.2 Å². The Bertz CT molecular complexity index is 586. The van der Waals surface area contributed by atoms with Crippen LogP contribution in [-0.2, 0) is 6.42 Å². The molecule has 0 radical (unpaired) electrons. The highest BCUT2D eigenvalue weighted by molar-refractivity contribution is 9.11. The number of benzene rings is 1. The minimum Gasteiger partial charge on any atom is -0.488 e. The van der Waals surface area contributed by atoms with Crippen LogP contribution in [0, 0.1) is 0 Å². The average Bonchev–Trinajstić information content (AvgIpc) is 3.01. The van der Waals surface area contributed by atoms with E-state index in [0.29, 0.717) is 12.1 Å². The Morgan fingerprint density at radius 3 is 3.05 bits per heavy atom. The van der Waals surface area contributed by atoms with Crippen molar-refractivity contribution in [2.24, 2.45) is 0 Å². The summed E-state index contributed by atoms with van der Waals surface area (Å²) in [7, 11) is 0. The molecule has 1 aromatic heterocycles. The van der Waals surface area contributed by atoms with Crippen LogP contribution in [0.15, 0.2) is 39.5 Å². The van der Waals surface area contributed by atoms with Crippen molar-refractivity contribution in [1.29, 1.82) is 0 Å². The number of rotatable bonds is 3. The number of nitrogens with one attached hydrogen (secondary N) is 1. The van der Waals surface area contributed by atoms with Gasteiger partial charge in [0.15, 0.2) is 0 Å². The first-order valence-corrected chi connectivity index (χ1v) is 7.66. The molecule has 2 aromatic rings. The fourth-order valence-corrected chi connectivity index (χ4v) is 3.24. The number of fused-ring (bicyclic) bond motifs is 1. The summed E-state index contributed by atoms with van der Waals surface area (Å²) >= 11 is 4.86. The molecular formula is C14H12BrNO2S. The molecule has 3 nitrogen and oxygen atoms in total. The number of halogens is 1.